The monoisotopic (exact) mass is 502 g/mol. The normalized spacial score (nSPS) is 12.4. The van der Waals surface area contributed by atoms with Crippen molar-refractivity contribution in [3.05, 3.63) is 131 Å². The van der Waals surface area contributed by atoms with E-state index in [1.54, 1.807) is 10.7 Å². The van der Waals surface area contributed by atoms with Crippen LogP contribution in [0.15, 0.2) is 108 Å². The van der Waals surface area contributed by atoms with E-state index < -0.39 is 22.2 Å². The van der Waals surface area contributed by atoms with Gasteiger partial charge in [-0.2, -0.15) is 5.10 Å². The third kappa shape index (κ3) is 4.07. The molecule has 0 fully saturated rings. The largest absolute Gasteiger partial charge is 0.253 e. The van der Waals surface area contributed by atoms with Crippen molar-refractivity contribution in [3.8, 4) is 11.5 Å². The molecule has 0 aliphatic heterocycles. The zero-order chi connectivity index (χ0) is 24.4. The van der Waals surface area contributed by atoms with Gasteiger partial charge in [0.1, 0.15) is 16.4 Å². The standard InChI is InChI=1S/C27H20ClFN4OS/c1-35(34)26-22(29)18-30-25(31-26)23-17-24(28)33(32-23)27(19-11-5-2-6-12-19,20-13-7-3-8-14-20)21-15-9-4-10-16-21/h2-18H,1H3. The van der Waals surface area contributed by atoms with Gasteiger partial charge in [0, 0.05) is 12.3 Å². The van der Waals surface area contributed by atoms with Gasteiger partial charge in [0.25, 0.3) is 0 Å². The highest BCUT2D eigenvalue weighted by Crippen LogP contribution is 2.42. The molecule has 5 aromatic rings. The highest BCUT2D eigenvalue weighted by Gasteiger charge is 2.41. The van der Waals surface area contributed by atoms with Crippen LogP contribution in [-0.4, -0.2) is 30.2 Å². The Bertz CT molecular complexity index is 1400. The van der Waals surface area contributed by atoms with E-state index in [1.165, 1.54) is 6.26 Å². The Labute approximate surface area is 209 Å². The van der Waals surface area contributed by atoms with E-state index in [9.17, 15) is 8.60 Å². The molecule has 3 aromatic carbocycles. The molecule has 35 heavy (non-hydrogen) atoms. The SMILES string of the molecule is CS(=O)c1nc(-c2cc(Cl)n(C(c3ccccc3)(c3ccccc3)c3ccccc3)n2)ncc1F. The Morgan fingerprint density at radius 2 is 1.34 bits per heavy atom. The third-order valence-electron chi connectivity index (χ3n) is 5.77. The lowest BCUT2D eigenvalue weighted by molar-refractivity contribution is 0.461. The maximum Gasteiger partial charge on any atom is 0.181 e. The predicted octanol–water partition coefficient (Wildman–Crippen LogP) is 5.71. The molecule has 174 valence electrons. The first-order valence-corrected chi connectivity index (χ1v) is 12.7. The number of rotatable bonds is 6. The molecule has 0 spiro atoms. The fourth-order valence-electron chi connectivity index (χ4n) is 4.28. The van der Waals surface area contributed by atoms with Gasteiger partial charge in [0.05, 0.1) is 17.0 Å². The predicted molar refractivity (Wildman–Crippen MR) is 135 cm³/mol. The van der Waals surface area contributed by atoms with Crippen LogP contribution >= 0.6 is 11.6 Å². The molecule has 2 aromatic heterocycles. The highest BCUT2D eigenvalue weighted by molar-refractivity contribution is 7.84. The van der Waals surface area contributed by atoms with E-state index >= 15 is 0 Å². The minimum absolute atomic E-state index is 0.139. The van der Waals surface area contributed by atoms with Crippen LogP contribution in [0.5, 0.6) is 0 Å². The molecule has 8 heteroatoms. The summed E-state index contributed by atoms with van der Waals surface area (Å²) < 4.78 is 27.8. The number of halogens is 2. The van der Waals surface area contributed by atoms with Crippen molar-refractivity contribution < 1.29 is 8.60 Å². The van der Waals surface area contributed by atoms with Gasteiger partial charge in [-0.25, -0.2) is 19.0 Å². The lowest BCUT2D eigenvalue weighted by atomic mass is 9.77. The summed E-state index contributed by atoms with van der Waals surface area (Å²) in [5.74, 6) is -0.590. The molecule has 1 unspecified atom stereocenters. The molecule has 0 aliphatic carbocycles. The molecular weight excluding hydrogens is 483 g/mol. The Morgan fingerprint density at radius 3 is 1.80 bits per heavy atom. The second-order valence-corrected chi connectivity index (χ2v) is 9.56. The average molecular weight is 503 g/mol. The van der Waals surface area contributed by atoms with Crippen molar-refractivity contribution in [2.24, 2.45) is 0 Å². The van der Waals surface area contributed by atoms with Gasteiger partial charge in [-0.05, 0) is 16.7 Å². The topological polar surface area (TPSA) is 60.7 Å². The van der Waals surface area contributed by atoms with Gasteiger partial charge in [-0.15, -0.1) is 0 Å². The molecule has 0 aliphatic rings. The maximum atomic E-state index is 14.1. The molecule has 1 atom stereocenters. The summed E-state index contributed by atoms with van der Waals surface area (Å²) in [6.45, 7) is 0. The minimum atomic E-state index is -1.62. The zero-order valence-corrected chi connectivity index (χ0v) is 20.2. The van der Waals surface area contributed by atoms with E-state index in [0.717, 1.165) is 22.9 Å². The molecule has 2 heterocycles. The lowest BCUT2D eigenvalue weighted by Crippen LogP contribution is -2.38. The molecule has 0 bridgehead atoms. The Kier molecular flexibility index (Phi) is 6.28. The van der Waals surface area contributed by atoms with Crippen molar-refractivity contribution in [1.29, 1.82) is 0 Å². The van der Waals surface area contributed by atoms with Crippen LogP contribution in [0.2, 0.25) is 5.15 Å². The van der Waals surface area contributed by atoms with Crippen molar-refractivity contribution in [1.82, 2.24) is 19.7 Å². The molecular formula is C27H20ClFN4OS. The van der Waals surface area contributed by atoms with Crippen molar-refractivity contribution in [3.63, 3.8) is 0 Å². The van der Waals surface area contributed by atoms with E-state index in [2.05, 4.69) is 9.97 Å². The summed E-state index contributed by atoms with van der Waals surface area (Å²) >= 11 is 6.87. The summed E-state index contributed by atoms with van der Waals surface area (Å²) in [7, 11) is -1.62. The fraction of sp³-hybridized carbons (Fsp3) is 0.0741. The molecule has 0 radical (unpaired) electrons. The van der Waals surface area contributed by atoms with E-state index in [1.807, 2.05) is 91.0 Å². The smallest absolute Gasteiger partial charge is 0.181 e. The third-order valence-corrected chi connectivity index (χ3v) is 6.87. The highest BCUT2D eigenvalue weighted by atomic mass is 35.5. The summed E-state index contributed by atoms with van der Waals surface area (Å²) in [6, 6.07) is 31.5. The minimum Gasteiger partial charge on any atom is -0.253 e. The van der Waals surface area contributed by atoms with Crippen LogP contribution in [0.4, 0.5) is 4.39 Å². The lowest BCUT2D eigenvalue weighted by Gasteiger charge is -2.36. The van der Waals surface area contributed by atoms with Gasteiger partial charge < -0.3 is 0 Å². The maximum absolute atomic E-state index is 14.1. The van der Waals surface area contributed by atoms with Crippen molar-refractivity contribution in [2.45, 2.75) is 10.6 Å². The zero-order valence-electron chi connectivity index (χ0n) is 18.7. The van der Waals surface area contributed by atoms with Gasteiger partial charge in [-0.3, -0.25) is 4.21 Å². The summed E-state index contributed by atoms with van der Waals surface area (Å²) in [5.41, 5.74) is 2.27. The van der Waals surface area contributed by atoms with Crippen molar-refractivity contribution in [2.75, 3.05) is 6.26 Å². The first kappa shape index (κ1) is 23.1. The second-order valence-electron chi connectivity index (χ2n) is 7.87. The number of nitrogens with zero attached hydrogens (tertiary/aromatic N) is 4. The summed E-state index contributed by atoms with van der Waals surface area (Å²) in [5, 5.41) is 5.01. The molecule has 0 saturated heterocycles. The molecule has 0 N–H and O–H groups in total. The van der Waals surface area contributed by atoms with E-state index in [4.69, 9.17) is 16.7 Å². The molecule has 5 rings (SSSR count). The first-order valence-electron chi connectivity index (χ1n) is 10.8. The van der Waals surface area contributed by atoms with Crippen LogP contribution in [0.25, 0.3) is 11.5 Å². The van der Waals surface area contributed by atoms with Gasteiger partial charge >= 0.3 is 0 Å². The number of benzene rings is 3. The van der Waals surface area contributed by atoms with E-state index in [0.29, 0.717) is 10.8 Å². The van der Waals surface area contributed by atoms with E-state index in [-0.39, 0.29) is 10.9 Å². The molecule has 0 saturated carbocycles. The molecule has 5 nitrogen and oxygen atoms in total. The number of aromatic nitrogens is 4. The van der Waals surface area contributed by atoms with Gasteiger partial charge in [-0.1, -0.05) is 103 Å². The number of hydrogen-bond donors (Lipinski definition) is 0. The Morgan fingerprint density at radius 1 is 0.857 bits per heavy atom. The summed E-state index contributed by atoms with van der Waals surface area (Å²) in [4.78, 5) is 8.27. The van der Waals surface area contributed by atoms with Crippen LogP contribution in [-0.2, 0) is 16.3 Å². The first-order chi connectivity index (χ1) is 17.0. The average Bonchev–Trinajstić information content (AvgIpc) is 3.28. The fourth-order valence-corrected chi connectivity index (χ4v) is 5.09. The Hall–Kier alpha value is -3.68. The summed E-state index contributed by atoms with van der Waals surface area (Å²) in [6.07, 6.45) is 2.37. The quantitative estimate of drug-likeness (QED) is 0.220. The van der Waals surface area contributed by atoms with Crippen molar-refractivity contribution >= 4 is 22.4 Å². The number of hydrogen-bond acceptors (Lipinski definition) is 4. The van der Waals surface area contributed by atoms with Crippen LogP contribution in [0.3, 0.4) is 0 Å². The van der Waals surface area contributed by atoms with Crippen LogP contribution in [0, 0.1) is 5.82 Å². The molecule has 0 amide bonds. The van der Waals surface area contributed by atoms with Gasteiger partial charge in [0.2, 0.25) is 0 Å². The van der Waals surface area contributed by atoms with Crippen LogP contribution < -0.4 is 0 Å². The van der Waals surface area contributed by atoms with Gasteiger partial charge in [0.15, 0.2) is 16.7 Å². The second kappa shape index (κ2) is 9.52. The van der Waals surface area contributed by atoms with Crippen LogP contribution in [0.1, 0.15) is 16.7 Å². The Balaban J connectivity index is 1.82.